The Labute approximate surface area is 184 Å². The molecule has 31 heavy (non-hydrogen) atoms. The van der Waals surface area contributed by atoms with Crippen molar-refractivity contribution < 1.29 is 13.6 Å². The van der Waals surface area contributed by atoms with Gasteiger partial charge in [0.15, 0.2) is 0 Å². The Morgan fingerprint density at radius 3 is 2.65 bits per heavy atom. The van der Waals surface area contributed by atoms with Crippen LogP contribution in [0.2, 0.25) is 0 Å². The molecule has 1 aliphatic rings. The van der Waals surface area contributed by atoms with Crippen molar-refractivity contribution in [2.45, 2.75) is 25.3 Å². The van der Waals surface area contributed by atoms with E-state index in [1.165, 1.54) is 23.8 Å². The SMILES string of the molecule is O=C(Nc1c([C@@H](c2cccc(F)c2)N2CCCCC2)oc2ccccc12)c1cccs1. The lowest BCUT2D eigenvalue weighted by Gasteiger charge is -2.34. The fourth-order valence-electron chi connectivity index (χ4n) is 4.35. The number of rotatable bonds is 5. The maximum Gasteiger partial charge on any atom is 0.265 e. The van der Waals surface area contributed by atoms with Crippen LogP contribution in [0.15, 0.2) is 70.5 Å². The van der Waals surface area contributed by atoms with Gasteiger partial charge in [-0.05, 0) is 67.2 Å². The highest BCUT2D eigenvalue weighted by molar-refractivity contribution is 7.12. The van der Waals surface area contributed by atoms with Crippen LogP contribution >= 0.6 is 11.3 Å². The number of nitrogens with one attached hydrogen (secondary N) is 1. The molecule has 6 heteroatoms. The van der Waals surface area contributed by atoms with Crippen molar-refractivity contribution in [3.05, 3.63) is 88.1 Å². The van der Waals surface area contributed by atoms with Gasteiger partial charge in [0.05, 0.1) is 16.6 Å². The normalized spacial score (nSPS) is 15.8. The third kappa shape index (κ3) is 4.01. The molecule has 1 saturated heterocycles. The second kappa shape index (κ2) is 8.65. The molecule has 158 valence electrons. The Bertz CT molecular complexity index is 1200. The monoisotopic (exact) mass is 434 g/mol. The third-order valence-electron chi connectivity index (χ3n) is 5.77. The number of fused-ring (bicyclic) bond motifs is 1. The quantitative estimate of drug-likeness (QED) is 0.392. The van der Waals surface area contributed by atoms with Gasteiger partial charge in [-0.15, -0.1) is 11.3 Å². The van der Waals surface area contributed by atoms with Crippen LogP contribution in [-0.2, 0) is 0 Å². The van der Waals surface area contributed by atoms with Crippen molar-refractivity contribution in [1.82, 2.24) is 4.90 Å². The summed E-state index contributed by atoms with van der Waals surface area (Å²) in [5.41, 5.74) is 2.19. The van der Waals surface area contributed by atoms with Gasteiger partial charge in [-0.3, -0.25) is 9.69 Å². The molecule has 0 bridgehead atoms. The standard InChI is InChI=1S/C25H23FN2O2S/c26-18-9-6-8-17(16-18)23(28-13-4-1-5-14-28)24-22(19-10-2-3-11-20(19)30-24)27-25(29)21-12-7-15-31-21/h2-3,6-12,15-16,23H,1,4-5,13-14H2,(H,27,29)/t23-/m1/s1. The van der Waals surface area contributed by atoms with Crippen molar-refractivity contribution in [3.8, 4) is 0 Å². The molecule has 4 aromatic rings. The van der Waals surface area contributed by atoms with E-state index in [2.05, 4.69) is 10.2 Å². The lowest BCUT2D eigenvalue weighted by molar-refractivity contribution is 0.102. The number of carbonyl (C=O) groups excluding carboxylic acids is 1. The van der Waals surface area contributed by atoms with E-state index in [-0.39, 0.29) is 17.8 Å². The summed E-state index contributed by atoms with van der Waals surface area (Å²) >= 11 is 1.40. The molecule has 1 atom stereocenters. The minimum atomic E-state index is -0.278. The van der Waals surface area contributed by atoms with Crippen molar-refractivity contribution in [2.75, 3.05) is 18.4 Å². The van der Waals surface area contributed by atoms with Crippen LogP contribution in [0, 0.1) is 5.82 Å². The number of halogens is 1. The molecule has 0 spiro atoms. The van der Waals surface area contributed by atoms with Gasteiger partial charge in [0.25, 0.3) is 5.91 Å². The molecule has 1 aliphatic heterocycles. The first-order valence-corrected chi connectivity index (χ1v) is 11.4. The molecule has 4 nitrogen and oxygen atoms in total. The first-order chi connectivity index (χ1) is 15.2. The summed E-state index contributed by atoms with van der Waals surface area (Å²) in [7, 11) is 0. The van der Waals surface area contributed by atoms with E-state index in [0.29, 0.717) is 21.9 Å². The maximum atomic E-state index is 14.2. The van der Waals surface area contributed by atoms with Crippen LogP contribution in [0.5, 0.6) is 0 Å². The summed E-state index contributed by atoms with van der Waals surface area (Å²) < 4.78 is 20.5. The molecule has 2 aromatic carbocycles. The van der Waals surface area contributed by atoms with Gasteiger partial charge in [-0.1, -0.05) is 36.8 Å². The molecule has 2 aromatic heterocycles. The fourth-order valence-corrected chi connectivity index (χ4v) is 4.97. The summed E-state index contributed by atoms with van der Waals surface area (Å²) in [4.78, 5) is 15.9. The highest BCUT2D eigenvalue weighted by Gasteiger charge is 2.31. The number of thiophene rings is 1. The second-order valence-electron chi connectivity index (χ2n) is 7.82. The first-order valence-electron chi connectivity index (χ1n) is 10.6. The molecule has 1 fully saturated rings. The summed E-state index contributed by atoms with van der Waals surface area (Å²) in [5.74, 6) is 0.206. The van der Waals surface area contributed by atoms with Gasteiger partial charge < -0.3 is 9.73 Å². The number of nitrogens with zero attached hydrogens (tertiary/aromatic N) is 1. The highest BCUT2D eigenvalue weighted by atomic mass is 32.1. The number of benzene rings is 2. The lowest BCUT2D eigenvalue weighted by atomic mass is 9.98. The second-order valence-corrected chi connectivity index (χ2v) is 8.77. The first kappa shape index (κ1) is 20.0. The average Bonchev–Trinajstić information content (AvgIpc) is 3.44. The number of amides is 1. The van der Waals surface area contributed by atoms with Gasteiger partial charge in [0.1, 0.15) is 17.2 Å². The Kier molecular flexibility index (Phi) is 5.57. The Balaban J connectivity index is 1.65. The molecule has 1 amide bonds. The molecule has 1 N–H and O–H groups in total. The van der Waals surface area contributed by atoms with E-state index in [4.69, 9.17) is 4.42 Å². The number of para-hydroxylation sites is 1. The molecule has 3 heterocycles. The van der Waals surface area contributed by atoms with E-state index in [9.17, 15) is 9.18 Å². The van der Waals surface area contributed by atoms with E-state index in [0.717, 1.165) is 36.9 Å². The summed E-state index contributed by atoms with van der Waals surface area (Å²) in [6, 6.07) is 17.8. The summed E-state index contributed by atoms with van der Waals surface area (Å²) in [6.45, 7) is 1.80. The number of anilines is 1. The molecule has 0 radical (unpaired) electrons. The van der Waals surface area contributed by atoms with E-state index >= 15 is 0 Å². The Morgan fingerprint density at radius 2 is 1.87 bits per heavy atom. The molecule has 5 rings (SSSR count). The Hall–Kier alpha value is -2.96. The van der Waals surface area contributed by atoms with Gasteiger partial charge in [-0.2, -0.15) is 0 Å². The number of hydrogen-bond donors (Lipinski definition) is 1. The van der Waals surface area contributed by atoms with Crippen molar-refractivity contribution in [3.63, 3.8) is 0 Å². The van der Waals surface area contributed by atoms with E-state index in [1.807, 2.05) is 41.8 Å². The topological polar surface area (TPSA) is 45.5 Å². The molecule has 0 aliphatic carbocycles. The van der Waals surface area contributed by atoms with Gasteiger partial charge in [0, 0.05) is 5.39 Å². The summed E-state index contributed by atoms with van der Waals surface area (Å²) in [6.07, 6.45) is 3.36. The predicted molar refractivity (Wildman–Crippen MR) is 122 cm³/mol. The van der Waals surface area contributed by atoms with E-state index < -0.39 is 0 Å². The zero-order valence-electron chi connectivity index (χ0n) is 17.0. The van der Waals surface area contributed by atoms with E-state index in [1.54, 1.807) is 18.2 Å². The van der Waals surface area contributed by atoms with Crippen LogP contribution in [-0.4, -0.2) is 23.9 Å². The zero-order valence-corrected chi connectivity index (χ0v) is 17.8. The van der Waals surface area contributed by atoms with Crippen LogP contribution < -0.4 is 5.32 Å². The smallest absolute Gasteiger partial charge is 0.265 e. The number of likely N-dealkylation sites (tertiary alicyclic amines) is 1. The number of hydrogen-bond acceptors (Lipinski definition) is 4. The van der Waals surface area contributed by atoms with Crippen molar-refractivity contribution >= 4 is 33.9 Å². The van der Waals surface area contributed by atoms with Crippen molar-refractivity contribution in [1.29, 1.82) is 0 Å². The average molecular weight is 435 g/mol. The third-order valence-corrected chi connectivity index (χ3v) is 6.64. The minimum absolute atomic E-state index is 0.167. The molecule has 0 saturated carbocycles. The highest BCUT2D eigenvalue weighted by Crippen LogP contribution is 2.41. The van der Waals surface area contributed by atoms with Crippen molar-refractivity contribution in [2.24, 2.45) is 0 Å². The zero-order chi connectivity index (χ0) is 21.2. The summed E-state index contributed by atoms with van der Waals surface area (Å²) in [5, 5.41) is 5.83. The predicted octanol–water partition coefficient (Wildman–Crippen LogP) is 6.46. The van der Waals surface area contributed by atoms with Gasteiger partial charge in [0.2, 0.25) is 0 Å². The molecule has 0 unspecified atom stereocenters. The van der Waals surface area contributed by atoms with Crippen LogP contribution in [0.4, 0.5) is 10.1 Å². The largest absolute Gasteiger partial charge is 0.457 e. The minimum Gasteiger partial charge on any atom is -0.457 e. The lowest BCUT2D eigenvalue weighted by Crippen LogP contribution is -2.34. The van der Waals surface area contributed by atoms with Crippen LogP contribution in [0.3, 0.4) is 0 Å². The molecular formula is C25H23FN2O2S. The molecular weight excluding hydrogens is 411 g/mol. The van der Waals surface area contributed by atoms with Gasteiger partial charge >= 0.3 is 0 Å². The number of carbonyl (C=O) groups is 1. The van der Waals surface area contributed by atoms with Gasteiger partial charge in [-0.25, -0.2) is 4.39 Å². The van der Waals surface area contributed by atoms with Crippen LogP contribution in [0.25, 0.3) is 11.0 Å². The number of furan rings is 1. The maximum absolute atomic E-state index is 14.2. The van der Waals surface area contributed by atoms with Crippen LogP contribution in [0.1, 0.15) is 46.3 Å². The number of piperidine rings is 1. The fraction of sp³-hybridized carbons (Fsp3) is 0.240. The Morgan fingerprint density at radius 1 is 1.03 bits per heavy atom.